The zero-order chi connectivity index (χ0) is 20.8. The van der Waals surface area contributed by atoms with E-state index >= 15 is 0 Å². The highest BCUT2D eigenvalue weighted by Crippen LogP contribution is 2.28. The van der Waals surface area contributed by atoms with Crippen molar-refractivity contribution in [1.29, 1.82) is 0 Å². The molecule has 3 aromatic rings. The number of allylic oxidation sites excluding steroid dienone is 1. The average Bonchev–Trinajstić information content (AvgIpc) is 2.69. The lowest BCUT2D eigenvalue weighted by Gasteiger charge is -2.13. The van der Waals surface area contributed by atoms with Crippen molar-refractivity contribution in [2.75, 3.05) is 5.32 Å². The minimum absolute atomic E-state index is 0.321. The van der Waals surface area contributed by atoms with Crippen LogP contribution in [0.1, 0.15) is 49.1 Å². The third kappa shape index (κ3) is 5.42. The van der Waals surface area contributed by atoms with Gasteiger partial charge in [-0.1, -0.05) is 62.2 Å². The number of hydrogen-bond donors (Lipinski definition) is 1. The Balaban J connectivity index is 1.92. The average molecular weight is 410 g/mol. The van der Waals surface area contributed by atoms with Crippen LogP contribution in [0.25, 0.3) is 5.57 Å². The second kappa shape index (κ2) is 9.66. The number of aromatic nitrogens is 2. The Kier molecular flexibility index (Phi) is 6.99. The second-order valence-corrected chi connectivity index (χ2v) is 7.37. The van der Waals surface area contributed by atoms with Gasteiger partial charge in [-0.05, 0) is 54.7 Å². The summed E-state index contributed by atoms with van der Waals surface area (Å²) >= 11 is 5.92. The molecule has 3 rings (SSSR count). The highest BCUT2D eigenvalue weighted by molar-refractivity contribution is 6.30. The van der Waals surface area contributed by atoms with Crippen LogP contribution in [0.4, 0.5) is 16.0 Å². The molecule has 0 amide bonds. The van der Waals surface area contributed by atoms with Crippen LogP contribution in [0.2, 0.25) is 5.02 Å². The number of halogens is 2. The van der Waals surface area contributed by atoms with Gasteiger partial charge in [0.25, 0.3) is 0 Å². The van der Waals surface area contributed by atoms with Crippen molar-refractivity contribution >= 4 is 28.8 Å². The summed E-state index contributed by atoms with van der Waals surface area (Å²) in [7, 11) is 0. The molecule has 1 aromatic heterocycles. The first-order chi connectivity index (χ1) is 14.0. The fourth-order valence-corrected chi connectivity index (χ4v) is 3.36. The fraction of sp³-hybridized carbons (Fsp3) is 0.250. The summed E-state index contributed by atoms with van der Waals surface area (Å²) in [5, 5.41) is 3.34. The summed E-state index contributed by atoms with van der Waals surface area (Å²) in [4.78, 5) is 9.04. The molecule has 29 heavy (non-hydrogen) atoms. The molecule has 0 saturated heterocycles. The van der Waals surface area contributed by atoms with E-state index in [9.17, 15) is 4.39 Å². The molecule has 0 spiro atoms. The van der Waals surface area contributed by atoms with E-state index in [1.807, 2.05) is 13.1 Å². The SMILES string of the molecule is CCC/C=C(/c1ccc(CC)cc1)c1cnc(Nc2cc(F)cc(Cl)c2)nc1C. The van der Waals surface area contributed by atoms with E-state index in [-0.39, 0.29) is 0 Å². The van der Waals surface area contributed by atoms with Crippen LogP contribution in [-0.4, -0.2) is 9.97 Å². The van der Waals surface area contributed by atoms with Gasteiger partial charge in [0, 0.05) is 22.5 Å². The Morgan fingerprint density at radius 2 is 1.90 bits per heavy atom. The Morgan fingerprint density at radius 3 is 2.52 bits per heavy atom. The van der Waals surface area contributed by atoms with E-state index in [4.69, 9.17) is 11.6 Å². The summed E-state index contributed by atoms with van der Waals surface area (Å²) < 4.78 is 13.6. The largest absolute Gasteiger partial charge is 0.324 e. The molecule has 1 N–H and O–H groups in total. The number of hydrogen-bond acceptors (Lipinski definition) is 3. The lowest BCUT2D eigenvalue weighted by molar-refractivity contribution is 0.628. The normalized spacial score (nSPS) is 11.6. The summed E-state index contributed by atoms with van der Waals surface area (Å²) in [5.74, 6) is -0.00209. The summed E-state index contributed by atoms with van der Waals surface area (Å²) in [6, 6.07) is 12.9. The van der Waals surface area contributed by atoms with E-state index in [1.165, 1.54) is 17.7 Å². The van der Waals surface area contributed by atoms with E-state index in [2.05, 4.69) is 59.5 Å². The lowest BCUT2D eigenvalue weighted by Crippen LogP contribution is -2.02. The maximum atomic E-state index is 13.6. The van der Waals surface area contributed by atoms with Crippen molar-refractivity contribution < 1.29 is 4.39 Å². The summed E-state index contributed by atoms with van der Waals surface area (Å²) in [6.07, 6.45) is 7.12. The highest BCUT2D eigenvalue weighted by atomic mass is 35.5. The molecular weight excluding hydrogens is 385 g/mol. The van der Waals surface area contributed by atoms with Gasteiger partial charge in [0.15, 0.2) is 0 Å². The van der Waals surface area contributed by atoms with Crippen molar-refractivity contribution in [1.82, 2.24) is 9.97 Å². The standard InChI is InChI=1S/C24H25ClFN3/c1-4-6-7-22(18-10-8-17(5-2)9-11-18)23-15-27-24(28-16(23)3)29-21-13-19(25)12-20(26)14-21/h7-15H,4-6H2,1-3H3,(H,27,28,29)/b22-7-. The fourth-order valence-electron chi connectivity index (χ4n) is 3.14. The van der Waals surface area contributed by atoms with Gasteiger partial charge in [-0.15, -0.1) is 0 Å². The van der Waals surface area contributed by atoms with Crippen LogP contribution < -0.4 is 5.32 Å². The third-order valence-electron chi connectivity index (χ3n) is 4.70. The van der Waals surface area contributed by atoms with Crippen LogP contribution in [0.5, 0.6) is 0 Å². The van der Waals surface area contributed by atoms with Crippen molar-refractivity contribution in [3.63, 3.8) is 0 Å². The Bertz CT molecular complexity index is 993. The second-order valence-electron chi connectivity index (χ2n) is 6.93. The number of unbranched alkanes of at least 4 members (excludes halogenated alkanes) is 1. The Hall–Kier alpha value is -2.72. The number of nitrogens with one attached hydrogen (secondary N) is 1. The van der Waals surface area contributed by atoms with Crippen molar-refractivity contribution in [2.45, 2.75) is 40.0 Å². The van der Waals surface area contributed by atoms with Crippen LogP contribution >= 0.6 is 11.6 Å². The van der Waals surface area contributed by atoms with Gasteiger partial charge in [0.1, 0.15) is 5.82 Å². The van der Waals surface area contributed by atoms with Gasteiger partial charge < -0.3 is 5.32 Å². The van der Waals surface area contributed by atoms with Crippen LogP contribution in [0.3, 0.4) is 0 Å². The van der Waals surface area contributed by atoms with E-state index < -0.39 is 5.82 Å². The lowest BCUT2D eigenvalue weighted by atomic mass is 9.95. The maximum Gasteiger partial charge on any atom is 0.227 e. The van der Waals surface area contributed by atoms with Crippen molar-refractivity contribution in [3.8, 4) is 0 Å². The monoisotopic (exact) mass is 409 g/mol. The van der Waals surface area contributed by atoms with Gasteiger partial charge >= 0.3 is 0 Å². The highest BCUT2D eigenvalue weighted by Gasteiger charge is 2.11. The van der Waals surface area contributed by atoms with Gasteiger partial charge in [0.2, 0.25) is 5.95 Å². The molecule has 0 fully saturated rings. The third-order valence-corrected chi connectivity index (χ3v) is 4.92. The quantitative estimate of drug-likeness (QED) is 0.451. The number of nitrogens with zero attached hydrogens (tertiary/aromatic N) is 2. The summed E-state index contributed by atoms with van der Waals surface area (Å²) in [5.41, 5.74) is 5.95. The number of anilines is 2. The van der Waals surface area contributed by atoms with Crippen LogP contribution in [0, 0.1) is 12.7 Å². The molecule has 1 heterocycles. The predicted octanol–water partition coefficient (Wildman–Crippen LogP) is 7.12. The van der Waals surface area contributed by atoms with Crippen molar-refractivity contribution in [3.05, 3.63) is 88.0 Å². The Morgan fingerprint density at radius 1 is 1.14 bits per heavy atom. The van der Waals surface area contributed by atoms with E-state index in [0.717, 1.165) is 41.7 Å². The number of rotatable bonds is 7. The first kappa shape index (κ1) is 21.0. The maximum absolute atomic E-state index is 13.6. The van der Waals surface area contributed by atoms with E-state index in [0.29, 0.717) is 16.7 Å². The van der Waals surface area contributed by atoms with Gasteiger partial charge in [-0.25, -0.2) is 14.4 Å². The zero-order valence-electron chi connectivity index (χ0n) is 17.0. The molecule has 0 aliphatic rings. The Labute approximate surface area is 176 Å². The van der Waals surface area contributed by atoms with Crippen LogP contribution in [0.15, 0.2) is 54.7 Å². The molecule has 5 heteroatoms. The smallest absolute Gasteiger partial charge is 0.227 e. The molecule has 0 aliphatic carbocycles. The molecule has 0 unspecified atom stereocenters. The van der Waals surface area contributed by atoms with Gasteiger partial charge in [-0.3, -0.25) is 0 Å². The minimum atomic E-state index is -0.409. The number of benzene rings is 2. The predicted molar refractivity (Wildman–Crippen MR) is 119 cm³/mol. The topological polar surface area (TPSA) is 37.8 Å². The van der Waals surface area contributed by atoms with E-state index in [1.54, 1.807) is 6.07 Å². The molecule has 0 atom stereocenters. The number of aryl methyl sites for hydroxylation is 2. The summed E-state index contributed by atoms with van der Waals surface area (Å²) in [6.45, 7) is 6.27. The molecule has 0 aliphatic heterocycles. The van der Waals surface area contributed by atoms with Gasteiger partial charge in [0.05, 0.1) is 5.69 Å². The molecule has 0 saturated carbocycles. The first-order valence-corrected chi connectivity index (χ1v) is 10.2. The molecule has 2 aromatic carbocycles. The first-order valence-electron chi connectivity index (χ1n) is 9.86. The molecule has 150 valence electrons. The molecule has 3 nitrogen and oxygen atoms in total. The van der Waals surface area contributed by atoms with Gasteiger partial charge in [-0.2, -0.15) is 0 Å². The molecule has 0 radical (unpaired) electrons. The minimum Gasteiger partial charge on any atom is -0.324 e. The zero-order valence-corrected chi connectivity index (χ0v) is 17.7. The van der Waals surface area contributed by atoms with Crippen LogP contribution in [-0.2, 0) is 6.42 Å². The molecule has 0 bridgehead atoms. The van der Waals surface area contributed by atoms with Crippen molar-refractivity contribution in [2.24, 2.45) is 0 Å². The molecular formula is C24H25ClFN3.